The molecule has 1 saturated heterocycles. The van der Waals surface area contributed by atoms with Crippen LogP contribution < -0.4 is 4.74 Å². The molecule has 0 N–H and O–H groups in total. The van der Waals surface area contributed by atoms with E-state index in [1.54, 1.807) is 30.3 Å². The van der Waals surface area contributed by atoms with Gasteiger partial charge in [-0.25, -0.2) is 16.8 Å². The summed E-state index contributed by atoms with van der Waals surface area (Å²) in [6.45, 7) is 2.10. The normalized spacial score (nSPS) is 16.8. The van der Waals surface area contributed by atoms with Gasteiger partial charge in [0, 0.05) is 31.2 Å². The van der Waals surface area contributed by atoms with E-state index < -0.39 is 20.0 Å². The molecule has 1 aliphatic heterocycles. The first-order chi connectivity index (χ1) is 13.2. The second kappa shape index (κ2) is 8.00. The minimum Gasteiger partial charge on any atom is -0.495 e. The zero-order valence-corrected chi connectivity index (χ0v) is 17.9. The molecule has 0 atom stereocenters. The van der Waals surface area contributed by atoms with E-state index in [2.05, 4.69) is 0 Å². The minimum absolute atomic E-state index is 0.0302. The van der Waals surface area contributed by atoms with Crippen molar-refractivity contribution in [3.63, 3.8) is 0 Å². The Morgan fingerprint density at radius 3 is 1.93 bits per heavy atom. The Kier molecular flexibility index (Phi) is 6.02. The van der Waals surface area contributed by atoms with Crippen molar-refractivity contribution in [2.45, 2.75) is 16.7 Å². The Hall–Kier alpha value is -1.65. The van der Waals surface area contributed by atoms with Crippen molar-refractivity contribution in [1.29, 1.82) is 0 Å². The van der Waals surface area contributed by atoms with E-state index in [1.165, 1.54) is 27.9 Å². The number of rotatable bonds is 5. The molecule has 0 bridgehead atoms. The first-order valence-corrected chi connectivity index (χ1v) is 11.8. The van der Waals surface area contributed by atoms with Gasteiger partial charge in [-0.2, -0.15) is 8.61 Å². The third-order valence-electron chi connectivity index (χ3n) is 4.60. The van der Waals surface area contributed by atoms with Crippen molar-refractivity contribution in [2.24, 2.45) is 0 Å². The van der Waals surface area contributed by atoms with Crippen LogP contribution in [0, 0.1) is 6.92 Å². The molecule has 2 aromatic rings. The van der Waals surface area contributed by atoms with Crippen molar-refractivity contribution in [2.75, 3.05) is 33.3 Å². The number of ether oxygens (including phenoxy) is 1. The van der Waals surface area contributed by atoms with E-state index in [-0.39, 0.29) is 46.7 Å². The van der Waals surface area contributed by atoms with Gasteiger partial charge in [0.05, 0.1) is 12.0 Å². The standard InChI is InChI=1S/C18H21ClN2O5S2/c1-14-3-6-16(7-4-14)27(22,23)20-9-11-21(12-10-20)28(24,25)18-13-15(19)5-8-17(18)26-2/h3-8,13H,9-12H2,1-2H3. The minimum atomic E-state index is -3.86. The molecule has 0 saturated carbocycles. The largest absolute Gasteiger partial charge is 0.495 e. The summed E-state index contributed by atoms with van der Waals surface area (Å²) in [6.07, 6.45) is 0. The van der Waals surface area contributed by atoms with E-state index in [1.807, 2.05) is 6.92 Å². The Bertz CT molecular complexity index is 1060. The van der Waals surface area contributed by atoms with Gasteiger partial charge in [-0.05, 0) is 37.3 Å². The molecule has 10 heteroatoms. The molecule has 2 aromatic carbocycles. The van der Waals surface area contributed by atoms with E-state index in [0.717, 1.165) is 5.56 Å². The van der Waals surface area contributed by atoms with E-state index >= 15 is 0 Å². The quantitative estimate of drug-likeness (QED) is 0.706. The number of halogens is 1. The number of piperazine rings is 1. The number of benzene rings is 2. The fourth-order valence-corrected chi connectivity index (χ4v) is 6.26. The van der Waals surface area contributed by atoms with Crippen LogP contribution in [0.3, 0.4) is 0 Å². The molecule has 152 valence electrons. The molecular weight excluding hydrogens is 424 g/mol. The van der Waals surface area contributed by atoms with Crippen LogP contribution in [-0.4, -0.2) is 58.7 Å². The van der Waals surface area contributed by atoms with Gasteiger partial charge in [0.25, 0.3) is 0 Å². The smallest absolute Gasteiger partial charge is 0.246 e. The summed E-state index contributed by atoms with van der Waals surface area (Å²) in [6, 6.07) is 11.0. The van der Waals surface area contributed by atoms with Gasteiger partial charge in [-0.1, -0.05) is 29.3 Å². The van der Waals surface area contributed by atoms with Crippen LogP contribution in [0.2, 0.25) is 5.02 Å². The Balaban J connectivity index is 1.80. The fourth-order valence-electron chi connectivity index (χ4n) is 3.00. The van der Waals surface area contributed by atoms with Gasteiger partial charge >= 0.3 is 0 Å². The van der Waals surface area contributed by atoms with Crippen LogP contribution in [0.25, 0.3) is 0 Å². The summed E-state index contributed by atoms with van der Waals surface area (Å²) in [5, 5.41) is 0.278. The van der Waals surface area contributed by atoms with Crippen LogP contribution >= 0.6 is 11.6 Å². The van der Waals surface area contributed by atoms with Gasteiger partial charge in [-0.3, -0.25) is 0 Å². The lowest BCUT2D eigenvalue weighted by Gasteiger charge is -2.33. The fraction of sp³-hybridized carbons (Fsp3) is 0.333. The molecular formula is C18H21ClN2O5S2. The maximum absolute atomic E-state index is 13.0. The highest BCUT2D eigenvalue weighted by molar-refractivity contribution is 7.89. The predicted octanol–water partition coefficient (Wildman–Crippen LogP) is 2.35. The molecule has 28 heavy (non-hydrogen) atoms. The number of hydrogen-bond donors (Lipinski definition) is 0. The summed E-state index contributed by atoms with van der Waals surface area (Å²) in [5.74, 6) is 0.194. The second-order valence-corrected chi connectivity index (χ2v) is 10.7. The maximum atomic E-state index is 13.0. The van der Waals surface area contributed by atoms with Crippen molar-refractivity contribution >= 4 is 31.6 Å². The highest BCUT2D eigenvalue weighted by Gasteiger charge is 2.35. The van der Waals surface area contributed by atoms with Crippen LogP contribution in [0.15, 0.2) is 52.3 Å². The third-order valence-corrected chi connectivity index (χ3v) is 8.67. The van der Waals surface area contributed by atoms with Crippen LogP contribution in [0.4, 0.5) is 0 Å². The third kappa shape index (κ3) is 4.04. The highest BCUT2D eigenvalue weighted by Crippen LogP contribution is 2.30. The predicted molar refractivity (Wildman–Crippen MR) is 107 cm³/mol. The first-order valence-electron chi connectivity index (χ1n) is 8.57. The van der Waals surface area contributed by atoms with Gasteiger partial charge < -0.3 is 4.74 Å². The second-order valence-electron chi connectivity index (χ2n) is 6.42. The lowest BCUT2D eigenvalue weighted by Crippen LogP contribution is -2.50. The number of hydrogen-bond acceptors (Lipinski definition) is 5. The first kappa shape index (κ1) is 21.1. The number of aryl methyl sites for hydroxylation is 1. The van der Waals surface area contributed by atoms with Crippen molar-refractivity contribution in [1.82, 2.24) is 8.61 Å². The molecule has 0 spiro atoms. The molecule has 0 amide bonds. The summed E-state index contributed by atoms with van der Waals surface area (Å²) >= 11 is 5.95. The lowest BCUT2D eigenvalue weighted by molar-refractivity contribution is 0.272. The number of methoxy groups -OCH3 is 1. The number of nitrogens with zero attached hydrogens (tertiary/aromatic N) is 2. The van der Waals surface area contributed by atoms with E-state index in [4.69, 9.17) is 16.3 Å². The zero-order valence-electron chi connectivity index (χ0n) is 15.5. The Labute approximate surface area is 170 Å². The molecule has 0 unspecified atom stereocenters. The molecule has 7 nitrogen and oxygen atoms in total. The lowest BCUT2D eigenvalue weighted by atomic mass is 10.2. The molecule has 0 aromatic heterocycles. The monoisotopic (exact) mass is 444 g/mol. The van der Waals surface area contributed by atoms with Crippen LogP contribution in [0.1, 0.15) is 5.56 Å². The molecule has 1 heterocycles. The SMILES string of the molecule is COc1ccc(Cl)cc1S(=O)(=O)N1CCN(S(=O)(=O)c2ccc(C)cc2)CC1. The molecule has 0 aliphatic carbocycles. The van der Waals surface area contributed by atoms with Crippen molar-refractivity contribution in [3.8, 4) is 5.75 Å². The molecule has 0 radical (unpaired) electrons. The van der Waals surface area contributed by atoms with Crippen molar-refractivity contribution in [3.05, 3.63) is 53.1 Å². The Morgan fingerprint density at radius 1 is 0.857 bits per heavy atom. The van der Waals surface area contributed by atoms with Crippen LogP contribution in [-0.2, 0) is 20.0 Å². The average molecular weight is 445 g/mol. The van der Waals surface area contributed by atoms with Crippen molar-refractivity contribution < 1.29 is 21.6 Å². The molecule has 1 fully saturated rings. The summed E-state index contributed by atoms with van der Waals surface area (Å²) in [7, 11) is -6.15. The topological polar surface area (TPSA) is 84.0 Å². The maximum Gasteiger partial charge on any atom is 0.246 e. The van der Waals surface area contributed by atoms with Gasteiger partial charge in [0.1, 0.15) is 10.6 Å². The van der Waals surface area contributed by atoms with E-state index in [0.29, 0.717) is 0 Å². The van der Waals surface area contributed by atoms with Gasteiger partial charge in [0.15, 0.2) is 0 Å². The highest BCUT2D eigenvalue weighted by atomic mass is 35.5. The van der Waals surface area contributed by atoms with E-state index in [9.17, 15) is 16.8 Å². The Morgan fingerprint density at radius 2 is 1.39 bits per heavy atom. The zero-order chi connectivity index (χ0) is 20.5. The molecule has 1 aliphatic rings. The summed E-state index contributed by atoms with van der Waals surface area (Å²) < 4.78 is 59.3. The average Bonchev–Trinajstić information content (AvgIpc) is 2.68. The molecule has 3 rings (SSSR count). The van der Waals surface area contributed by atoms with Gasteiger partial charge in [0.2, 0.25) is 20.0 Å². The van der Waals surface area contributed by atoms with Crippen LogP contribution in [0.5, 0.6) is 5.75 Å². The number of sulfonamides is 2. The summed E-state index contributed by atoms with van der Waals surface area (Å²) in [4.78, 5) is 0.170. The van der Waals surface area contributed by atoms with Gasteiger partial charge in [-0.15, -0.1) is 0 Å². The summed E-state index contributed by atoms with van der Waals surface area (Å²) in [5.41, 5.74) is 0.963.